The van der Waals surface area contributed by atoms with E-state index in [1.165, 1.54) is 56.9 Å². The maximum absolute atomic E-state index is 8.61. The normalized spacial score (nSPS) is 10.3. The molecule has 0 aromatic rings. The summed E-state index contributed by atoms with van der Waals surface area (Å²) < 4.78 is 0. The Balaban J connectivity index is 2.96. The highest BCUT2D eigenvalue weighted by atomic mass is 16.2. The standard InChI is InChI=1S/C14H28O/c1-14(2)12-10-8-6-4-3-5-7-9-11-13-15/h12,15H,3-11,13H2,1-2H3. The number of hydrogen-bond donors (Lipinski definition) is 1. The lowest BCUT2D eigenvalue weighted by Crippen LogP contribution is -1.84. The van der Waals surface area contributed by atoms with Gasteiger partial charge in [-0.05, 0) is 33.1 Å². The Morgan fingerprint density at radius 1 is 0.800 bits per heavy atom. The Bertz CT molecular complexity index is 145. The predicted molar refractivity (Wildman–Crippen MR) is 68.1 cm³/mol. The van der Waals surface area contributed by atoms with Gasteiger partial charge in [0.05, 0.1) is 0 Å². The molecule has 0 saturated heterocycles. The Morgan fingerprint density at radius 3 is 1.73 bits per heavy atom. The Labute approximate surface area is 95.6 Å². The molecule has 0 saturated carbocycles. The summed E-state index contributed by atoms with van der Waals surface area (Å²) in [5, 5.41) is 8.61. The number of allylic oxidation sites excluding steroid dienone is 2. The van der Waals surface area contributed by atoms with Gasteiger partial charge in [0, 0.05) is 6.61 Å². The van der Waals surface area contributed by atoms with Crippen molar-refractivity contribution in [1.29, 1.82) is 0 Å². The first-order chi connectivity index (χ1) is 7.27. The van der Waals surface area contributed by atoms with Crippen LogP contribution in [0.5, 0.6) is 0 Å². The summed E-state index contributed by atoms with van der Waals surface area (Å²) in [6.07, 6.45) is 13.9. The molecule has 1 N–H and O–H groups in total. The molecular formula is C14H28O. The fraction of sp³-hybridized carbons (Fsp3) is 0.857. The lowest BCUT2D eigenvalue weighted by molar-refractivity contribution is 0.282. The van der Waals surface area contributed by atoms with Gasteiger partial charge in [-0.3, -0.25) is 0 Å². The van der Waals surface area contributed by atoms with Crippen molar-refractivity contribution in [3.8, 4) is 0 Å². The maximum Gasteiger partial charge on any atom is 0.0431 e. The molecule has 0 spiro atoms. The van der Waals surface area contributed by atoms with E-state index in [-0.39, 0.29) is 0 Å². The number of hydrogen-bond acceptors (Lipinski definition) is 1. The zero-order valence-corrected chi connectivity index (χ0v) is 10.6. The van der Waals surface area contributed by atoms with Crippen molar-refractivity contribution in [2.75, 3.05) is 6.61 Å². The summed E-state index contributed by atoms with van der Waals surface area (Å²) >= 11 is 0. The van der Waals surface area contributed by atoms with Gasteiger partial charge in [0.2, 0.25) is 0 Å². The van der Waals surface area contributed by atoms with E-state index >= 15 is 0 Å². The second-order valence-corrected chi connectivity index (χ2v) is 4.62. The van der Waals surface area contributed by atoms with Gasteiger partial charge in [0.25, 0.3) is 0 Å². The van der Waals surface area contributed by atoms with Gasteiger partial charge < -0.3 is 5.11 Å². The average Bonchev–Trinajstić information content (AvgIpc) is 2.20. The van der Waals surface area contributed by atoms with E-state index in [4.69, 9.17) is 5.11 Å². The highest BCUT2D eigenvalue weighted by Crippen LogP contribution is 2.10. The molecule has 0 aliphatic heterocycles. The summed E-state index contributed by atoms with van der Waals surface area (Å²) in [7, 11) is 0. The highest BCUT2D eigenvalue weighted by molar-refractivity contribution is 4.92. The molecule has 0 aromatic carbocycles. The molecule has 0 heterocycles. The van der Waals surface area contributed by atoms with Gasteiger partial charge in [-0.15, -0.1) is 0 Å². The molecule has 0 atom stereocenters. The van der Waals surface area contributed by atoms with E-state index in [9.17, 15) is 0 Å². The topological polar surface area (TPSA) is 20.2 Å². The second-order valence-electron chi connectivity index (χ2n) is 4.62. The summed E-state index contributed by atoms with van der Waals surface area (Å²) in [5.74, 6) is 0. The summed E-state index contributed by atoms with van der Waals surface area (Å²) in [6, 6.07) is 0. The minimum atomic E-state index is 0.364. The van der Waals surface area contributed by atoms with Crippen molar-refractivity contribution >= 4 is 0 Å². The third-order valence-electron chi connectivity index (χ3n) is 2.66. The lowest BCUT2D eigenvalue weighted by atomic mass is 10.1. The minimum Gasteiger partial charge on any atom is -0.396 e. The van der Waals surface area contributed by atoms with Crippen molar-refractivity contribution < 1.29 is 5.11 Å². The molecular weight excluding hydrogens is 184 g/mol. The highest BCUT2D eigenvalue weighted by Gasteiger charge is 1.91. The van der Waals surface area contributed by atoms with Crippen LogP contribution in [-0.4, -0.2) is 11.7 Å². The first kappa shape index (κ1) is 14.7. The molecule has 0 rings (SSSR count). The Hall–Kier alpha value is -0.300. The van der Waals surface area contributed by atoms with E-state index in [2.05, 4.69) is 19.9 Å². The van der Waals surface area contributed by atoms with Crippen LogP contribution in [0.1, 0.15) is 71.6 Å². The number of aliphatic hydroxyl groups excluding tert-OH is 1. The van der Waals surface area contributed by atoms with Crippen LogP contribution in [-0.2, 0) is 0 Å². The third-order valence-corrected chi connectivity index (χ3v) is 2.66. The van der Waals surface area contributed by atoms with Gasteiger partial charge in [-0.2, -0.15) is 0 Å². The molecule has 0 bridgehead atoms. The van der Waals surface area contributed by atoms with Gasteiger partial charge in [0.15, 0.2) is 0 Å². The molecule has 0 amide bonds. The largest absolute Gasteiger partial charge is 0.396 e. The molecule has 1 nitrogen and oxygen atoms in total. The molecule has 0 unspecified atom stereocenters. The van der Waals surface area contributed by atoms with E-state index in [0.29, 0.717) is 6.61 Å². The predicted octanol–water partition coefficient (Wildman–Crippen LogP) is 4.46. The molecule has 0 aromatic heterocycles. The molecule has 0 fully saturated rings. The van der Waals surface area contributed by atoms with E-state index in [0.717, 1.165) is 6.42 Å². The monoisotopic (exact) mass is 212 g/mol. The van der Waals surface area contributed by atoms with E-state index in [1.807, 2.05) is 0 Å². The summed E-state index contributed by atoms with van der Waals surface area (Å²) in [6.45, 7) is 4.70. The van der Waals surface area contributed by atoms with Crippen LogP contribution >= 0.6 is 0 Å². The Morgan fingerprint density at radius 2 is 1.27 bits per heavy atom. The van der Waals surface area contributed by atoms with Gasteiger partial charge in [-0.25, -0.2) is 0 Å². The fourth-order valence-electron chi connectivity index (χ4n) is 1.71. The van der Waals surface area contributed by atoms with Crippen LogP contribution in [0.15, 0.2) is 11.6 Å². The maximum atomic E-state index is 8.61. The average molecular weight is 212 g/mol. The first-order valence-electron chi connectivity index (χ1n) is 6.51. The first-order valence-corrected chi connectivity index (χ1v) is 6.51. The quantitative estimate of drug-likeness (QED) is 0.419. The van der Waals surface area contributed by atoms with Crippen LogP contribution in [0.2, 0.25) is 0 Å². The minimum absolute atomic E-state index is 0.364. The molecule has 0 aliphatic rings. The van der Waals surface area contributed by atoms with E-state index in [1.54, 1.807) is 0 Å². The number of rotatable bonds is 10. The Kier molecular flexibility index (Phi) is 11.5. The summed E-state index contributed by atoms with van der Waals surface area (Å²) in [5.41, 5.74) is 1.44. The lowest BCUT2D eigenvalue weighted by Gasteiger charge is -2.00. The van der Waals surface area contributed by atoms with Crippen molar-refractivity contribution in [1.82, 2.24) is 0 Å². The van der Waals surface area contributed by atoms with Crippen LogP contribution < -0.4 is 0 Å². The van der Waals surface area contributed by atoms with Crippen LogP contribution in [0.4, 0.5) is 0 Å². The molecule has 1 heteroatoms. The van der Waals surface area contributed by atoms with Crippen molar-refractivity contribution in [2.24, 2.45) is 0 Å². The smallest absolute Gasteiger partial charge is 0.0431 e. The van der Waals surface area contributed by atoms with E-state index < -0.39 is 0 Å². The van der Waals surface area contributed by atoms with Gasteiger partial charge in [0.1, 0.15) is 0 Å². The molecule has 0 aliphatic carbocycles. The molecule has 15 heavy (non-hydrogen) atoms. The third kappa shape index (κ3) is 13.7. The molecule has 90 valence electrons. The van der Waals surface area contributed by atoms with Crippen molar-refractivity contribution in [3.63, 3.8) is 0 Å². The number of aliphatic hydroxyl groups is 1. The zero-order chi connectivity index (χ0) is 11.4. The number of unbranched alkanes of at least 4 members (excludes halogenated alkanes) is 8. The van der Waals surface area contributed by atoms with Crippen molar-refractivity contribution in [3.05, 3.63) is 11.6 Å². The second kappa shape index (κ2) is 11.8. The van der Waals surface area contributed by atoms with Crippen LogP contribution in [0, 0.1) is 0 Å². The molecule has 0 radical (unpaired) electrons. The van der Waals surface area contributed by atoms with Crippen LogP contribution in [0.25, 0.3) is 0 Å². The zero-order valence-electron chi connectivity index (χ0n) is 10.6. The van der Waals surface area contributed by atoms with Crippen molar-refractivity contribution in [2.45, 2.75) is 71.6 Å². The van der Waals surface area contributed by atoms with Gasteiger partial charge >= 0.3 is 0 Å². The van der Waals surface area contributed by atoms with Crippen LogP contribution in [0.3, 0.4) is 0 Å². The SMILES string of the molecule is CC(C)=CCCCCCCCCCCO. The van der Waals surface area contributed by atoms with Gasteiger partial charge in [-0.1, -0.05) is 50.2 Å². The fourth-order valence-corrected chi connectivity index (χ4v) is 1.71. The summed E-state index contributed by atoms with van der Waals surface area (Å²) in [4.78, 5) is 0.